The Kier molecular flexibility index (Phi) is 10.7. The quantitative estimate of drug-likeness (QED) is 0.0965. The van der Waals surface area contributed by atoms with Crippen LogP contribution in [0.15, 0.2) is 211 Å². The normalized spacial score (nSPS) is 15.0. The Morgan fingerprint density at radius 1 is 0.551 bits per heavy atom. The van der Waals surface area contributed by atoms with E-state index in [1.165, 1.54) is 72.3 Å². The first-order valence-corrected chi connectivity index (χ1v) is 24.2. The highest BCUT2D eigenvalue weighted by Crippen LogP contribution is 2.54. The smallest absolute Gasteiger partial charge is 0.0737 e. The fourth-order valence-corrected chi connectivity index (χ4v) is 11.7. The van der Waals surface area contributed by atoms with Gasteiger partial charge >= 0.3 is 0 Å². The van der Waals surface area contributed by atoms with E-state index in [0.29, 0.717) is 0 Å². The lowest BCUT2D eigenvalue weighted by Crippen LogP contribution is -2.15. The average molecular weight is 889 g/mol. The molecule has 69 heavy (non-hydrogen) atoms. The van der Waals surface area contributed by atoms with Crippen molar-refractivity contribution in [1.29, 1.82) is 0 Å². The van der Waals surface area contributed by atoms with Gasteiger partial charge in [-0.25, -0.2) is 4.99 Å². The Bertz CT molecular complexity index is 3580. The minimum atomic E-state index is -0.197. The van der Waals surface area contributed by atoms with Crippen molar-refractivity contribution in [3.8, 4) is 55.6 Å². The number of rotatable bonds is 10. The summed E-state index contributed by atoms with van der Waals surface area (Å²) in [5, 5.41) is 0. The maximum absolute atomic E-state index is 5.92. The minimum Gasteiger partial charge on any atom is -0.264 e. The molecule has 0 saturated heterocycles. The second-order valence-electron chi connectivity index (χ2n) is 19.8. The molecule has 11 rings (SSSR count). The molecule has 0 fully saturated rings. The zero-order valence-electron chi connectivity index (χ0n) is 40.5. The topological polar surface area (TPSA) is 24.7 Å². The highest BCUT2D eigenvalue weighted by atomic mass is 14.8. The van der Waals surface area contributed by atoms with Crippen LogP contribution in [-0.2, 0) is 17.3 Å². The largest absolute Gasteiger partial charge is 0.264 e. The lowest BCUT2D eigenvalue weighted by molar-refractivity contribution is 0.660. The number of fused-ring (bicyclic) bond motifs is 9. The molecule has 2 nitrogen and oxygen atoms in total. The first-order chi connectivity index (χ1) is 33.5. The monoisotopic (exact) mass is 888 g/mol. The second-order valence-corrected chi connectivity index (χ2v) is 19.8. The van der Waals surface area contributed by atoms with Crippen LogP contribution < -0.4 is 0 Å². The summed E-state index contributed by atoms with van der Waals surface area (Å²) in [4.78, 5) is 10.8. The van der Waals surface area contributed by atoms with Crippen LogP contribution in [0, 0.1) is 6.92 Å². The molecular formula is C67H56N2. The molecule has 0 aromatic heterocycles. The molecular weight excluding hydrogens is 833 g/mol. The number of hydrogen-bond donors (Lipinski definition) is 0. The Morgan fingerprint density at radius 3 is 1.88 bits per heavy atom. The molecule has 0 amide bonds. The van der Waals surface area contributed by atoms with Crippen molar-refractivity contribution < 1.29 is 0 Å². The van der Waals surface area contributed by atoms with Crippen LogP contribution in [0.4, 0.5) is 5.69 Å². The Balaban J connectivity index is 1.20. The van der Waals surface area contributed by atoms with Gasteiger partial charge in [-0.1, -0.05) is 204 Å². The average Bonchev–Trinajstić information content (AvgIpc) is 3.95. The molecule has 0 unspecified atom stereocenters. The first-order valence-electron chi connectivity index (χ1n) is 24.2. The third-order valence-electron chi connectivity index (χ3n) is 15.1. The van der Waals surface area contributed by atoms with Crippen LogP contribution in [0.5, 0.6) is 0 Å². The highest BCUT2D eigenvalue weighted by Gasteiger charge is 2.38. The third kappa shape index (κ3) is 7.08. The number of nitrogens with zero attached hydrogens (tertiary/aromatic N) is 2. The van der Waals surface area contributed by atoms with Gasteiger partial charge in [-0.05, 0) is 151 Å². The van der Waals surface area contributed by atoms with Crippen molar-refractivity contribution in [3.63, 3.8) is 0 Å². The molecule has 0 spiro atoms. The molecule has 8 aromatic carbocycles. The van der Waals surface area contributed by atoms with Gasteiger partial charge < -0.3 is 0 Å². The Hall–Kier alpha value is -7.94. The standard InChI is InChI=1S/C67H56N2/c1-9-20-43(21-10-2)44-35-34-42(3)54(39-44)55-40-46(49-27-18-32-58-64(49)50-25-13-15-30-56(50)66(58,4)5)36-37-60(55)69-62(53-29-19-33-59-65(53)51-26-14-16-31-57(51)67(59,6)7)41-61(68-8)52-28-17-23-47-38-45-22-11-12-24-48(45)63(47)52/h9-37,39-41H,1,8,38H2,2-7H3/b21-10-,43-20+,61-41-,69-62?. The van der Waals surface area contributed by atoms with Crippen molar-refractivity contribution in [2.45, 2.75) is 58.8 Å². The number of allylic oxidation sites excluding steroid dienone is 6. The van der Waals surface area contributed by atoms with Crippen molar-refractivity contribution >= 4 is 29.4 Å². The summed E-state index contributed by atoms with van der Waals surface area (Å²) in [7, 11) is 0. The fourth-order valence-electron chi connectivity index (χ4n) is 11.7. The van der Waals surface area contributed by atoms with Gasteiger partial charge in [0.15, 0.2) is 0 Å². The summed E-state index contributed by atoms with van der Waals surface area (Å²) in [5.41, 5.74) is 27.6. The fraction of sp³-hybridized carbons (Fsp3) is 0.134. The zero-order chi connectivity index (χ0) is 47.6. The molecule has 8 aromatic rings. The summed E-state index contributed by atoms with van der Waals surface area (Å²) in [5.74, 6) is 0. The summed E-state index contributed by atoms with van der Waals surface area (Å²) in [6.07, 6.45) is 11.3. The summed E-state index contributed by atoms with van der Waals surface area (Å²) in [6, 6.07) is 60.3. The lowest BCUT2D eigenvalue weighted by Gasteiger charge is -2.22. The maximum atomic E-state index is 5.92. The predicted molar refractivity (Wildman–Crippen MR) is 295 cm³/mol. The molecule has 334 valence electrons. The van der Waals surface area contributed by atoms with E-state index in [9.17, 15) is 0 Å². The SMILES string of the molecule is C=C/C=C(\C=C/C)c1ccc(C)c(-c2cc(-c3cccc4c3-c3ccccc3C4(C)C)ccc2N=C(/C=C(\N=C)c2cccc3c2-c2ccccc2C3)c2cccc3c2-c2ccccc2C3(C)C)c1. The van der Waals surface area contributed by atoms with Crippen LogP contribution in [0.3, 0.4) is 0 Å². The van der Waals surface area contributed by atoms with E-state index in [2.05, 4.69) is 243 Å². The molecule has 0 aliphatic heterocycles. The summed E-state index contributed by atoms with van der Waals surface area (Å²) < 4.78 is 0. The Labute approximate surface area is 408 Å². The van der Waals surface area contributed by atoms with Gasteiger partial charge in [0, 0.05) is 27.5 Å². The van der Waals surface area contributed by atoms with E-state index in [4.69, 9.17) is 9.98 Å². The van der Waals surface area contributed by atoms with E-state index in [1.54, 1.807) is 0 Å². The molecule has 0 saturated carbocycles. The van der Waals surface area contributed by atoms with Gasteiger partial charge in [0.05, 0.1) is 17.1 Å². The molecule has 2 heteroatoms. The molecule has 0 heterocycles. The van der Waals surface area contributed by atoms with E-state index >= 15 is 0 Å². The van der Waals surface area contributed by atoms with Crippen molar-refractivity contribution in [3.05, 3.63) is 256 Å². The second kappa shape index (κ2) is 17.0. The number of aryl methyl sites for hydroxylation is 1. The minimum absolute atomic E-state index is 0.122. The summed E-state index contributed by atoms with van der Waals surface area (Å²) >= 11 is 0. The van der Waals surface area contributed by atoms with E-state index < -0.39 is 0 Å². The van der Waals surface area contributed by atoms with Crippen LogP contribution in [0.25, 0.3) is 66.9 Å². The van der Waals surface area contributed by atoms with Crippen molar-refractivity contribution in [2.24, 2.45) is 9.98 Å². The van der Waals surface area contributed by atoms with Crippen LogP contribution >= 0.6 is 0 Å². The Morgan fingerprint density at radius 2 is 1.16 bits per heavy atom. The number of hydrogen-bond acceptors (Lipinski definition) is 2. The van der Waals surface area contributed by atoms with E-state index in [-0.39, 0.29) is 10.8 Å². The van der Waals surface area contributed by atoms with Gasteiger partial charge in [-0.15, -0.1) is 0 Å². The van der Waals surface area contributed by atoms with Crippen molar-refractivity contribution in [1.82, 2.24) is 0 Å². The van der Waals surface area contributed by atoms with Gasteiger partial charge in [0.1, 0.15) is 0 Å². The van der Waals surface area contributed by atoms with Crippen LogP contribution in [0.2, 0.25) is 0 Å². The molecule has 0 atom stereocenters. The van der Waals surface area contributed by atoms with Crippen molar-refractivity contribution in [2.75, 3.05) is 0 Å². The molecule has 0 radical (unpaired) electrons. The zero-order valence-corrected chi connectivity index (χ0v) is 40.5. The third-order valence-corrected chi connectivity index (χ3v) is 15.1. The lowest BCUT2D eigenvalue weighted by atomic mass is 9.82. The van der Waals surface area contributed by atoms with Gasteiger partial charge in [-0.2, -0.15) is 0 Å². The number of aliphatic imine (C=N–C) groups is 2. The van der Waals surface area contributed by atoms with Crippen LogP contribution in [0.1, 0.15) is 90.3 Å². The van der Waals surface area contributed by atoms with E-state index in [1.807, 2.05) is 6.08 Å². The molecule has 0 bridgehead atoms. The molecule has 3 aliphatic rings. The van der Waals surface area contributed by atoms with Gasteiger partial charge in [-0.3, -0.25) is 4.99 Å². The summed E-state index contributed by atoms with van der Waals surface area (Å²) in [6.45, 7) is 22.0. The number of benzene rings is 8. The van der Waals surface area contributed by atoms with E-state index in [0.717, 1.165) is 68.0 Å². The highest BCUT2D eigenvalue weighted by molar-refractivity contribution is 6.18. The maximum Gasteiger partial charge on any atom is 0.0737 e. The van der Waals surface area contributed by atoms with Gasteiger partial charge in [0.25, 0.3) is 0 Å². The van der Waals surface area contributed by atoms with Gasteiger partial charge in [0.2, 0.25) is 0 Å². The predicted octanol–water partition coefficient (Wildman–Crippen LogP) is 17.5. The van der Waals surface area contributed by atoms with Crippen LogP contribution in [-0.4, -0.2) is 12.4 Å². The molecule has 0 N–H and O–H groups in total. The molecule has 3 aliphatic carbocycles. The first kappa shape index (κ1) is 43.6.